The van der Waals surface area contributed by atoms with Crippen LogP contribution in [0, 0.1) is 6.92 Å². The van der Waals surface area contributed by atoms with E-state index in [1.165, 1.54) is 31.9 Å². The Morgan fingerprint density at radius 2 is 1.64 bits per heavy atom. The molecule has 9 heteroatoms. The standard InChI is InChI=1S/C27H31ClN2O5S/c1-5-6-7-20-9-11-21(12-10-20)29-27(31)18-30(22-13-15-24(34-3)23(28)17-22)36(32,33)26-16-19(2)8-14-25(26)35-4/h8-17H,5-7,18H2,1-4H3,(H,29,31). The molecular formula is C27H31ClN2O5S. The zero-order valence-corrected chi connectivity index (χ0v) is 22.4. The fraction of sp³-hybridized carbons (Fsp3) is 0.296. The summed E-state index contributed by atoms with van der Waals surface area (Å²) >= 11 is 6.30. The van der Waals surface area contributed by atoms with Gasteiger partial charge in [-0.15, -0.1) is 0 Å². The Morgan fingerprint density at radius 1 is 0.972 bits per heavy atom. The fourth-order valence-corrected chi connectivity index (χ4v) is 5.60. The maximum absolute atomic E-state index is 13.9. The van der Waals surface area contributed by atoms with Crippen molar-refractivity contribution in [2.75, 3.05) is 30.4 Å². The molecule has 0 aliphatic rings. The molecule has 0 saturated carbocycles. The molecule has 0 unspecified atom stereocenters. The van der Waals surface area contributed by atoms with E-state index in [-0.39, 0.29) is 21.4 Å². The summed E-state index contributed by atoms with van der Waals surface area (Å²) in [5.74, 6) is 0.0604. The van der Waals surface area contributed by atoms with E-state index < -0.39 is 22.5 Å². The van der Waals surface area contributed by atoms with Crippen molar-refractivity contribution in [3.05, 3.63) is 76.8 Å². The summed E-state index contributed by atoms with van der Waals surface area (Å²) in [6, 6.07) is 17.0. The van der Waals surface area contributed by atoms with Gasteiger partial charge in [0.05, 0.1) is 24.9 Å². The molecule has 1 N–H and O–H groups in total. The van der Waals surface area contributed by atoms with Gasteiger partial charge in [0.1, 0.15) is 22.9 Å². The predicted molar refractivity (Wildman–Crippen MR) is 144 cm³/mol. The number of carbonyl (C=O) groups is 1. The van der Waals surface area contributed by atoms with Gasteiger partial charge in [0.2, 0.25) is 5.91 Å². The Balaban J connectivity index is 1.96. The zero-order chi connectivity index (χ0) is 26.3. The number of ether oxygens (including phenoxy) is 2. The van der Waals surface area contributed by atoms with E-state index in [2.05, 4.69) is 12.2 Å². The molecule has 0 atom stereocenters. The molecule has 192 valence electrons. The average Bonchev–Trinajstić information content (AvgIpc) is 2.86. The van der Waals surface area contributed by atoms with Crippen molar-refractivity contribution in [2.24, 2.45) is 0 Å². The predicted octanol–water partition coefficient (Wildman–Crippen LogP) is 5.84. The van der Waals surface area contributed by atoms with E-state index in [1.807, 2.05) is 24.3 Å². The highest BCUT2D eigenvalue weighted by Gasteiger charge is 2.30. The number of halogens is 1. The number of hydrogen-bond acceptors (Lipinski definition) is 5. The molecule has 0 heterocycles. The van der Waals surface area contributed by atoms with Crippen LogP contribution in [0.3, 0.4) is 0 Å². The summed E-state index contributed by atoms with van der Waals surface area (Å²) < 4.78 is 39.2. The third kappa shape index (κ3) is 6.50. The molecule has 3 rings (SSSR count). The van der Waals surface area contributed by atoms with E-state index in [4.69, 9.17) is 21.1 Å². The molecule has 0 aliphatic heterocycles. The highest BCUT2D eigenvalue weighted by Crippen LogP contribution is 2.34. The maximum Gasteiger partial charge on any atom is 0.268 e. The number of methoxy groups -OCH3 is 2. The molecule has 3 aromatic rings. The number of aryl methyl sites for hydroxylation is 2. The van der Waals surface area contributed by atoms with Gasteiger partial charge in [0.15, 0.2) is 0 Å². The molecular weight excluding hydrogens is 500 g/mol. The number of nitrogens with zero attached hydrogens (tertiary/aromatic N) is 1. The maximum atomic E-state index is 13.9. The van der Waals surface area contributed by atoms with Crippen LogP contribution in [-0.2, 0) is 21.2 Å². The molecule has 0 radical (unpaired) electrons. The van der Waals surface area contributed by atoms with Crippen molar-refractivity contribution in [3.8, 4) is 11.5 Å². The number of sulfonamides is 1. The quantitative estimate of drug-likeness (QED) is 0.336. The monoisotopic (exact) mass is 530 g/mol. The lowest BCUT2D eigenvalue weighted by atomic mass is 10.1. The van der Waals surface area contributed by atoms with Gasteiger partial charge in [-0.1, -0.05) is 43.1 Å². The number of unbranched alkanes of at least 4 members (excludes halogenated alkanes) is 1. The summed E-state index contributed by atoms with van der Waals surface area (Å²) in [5.41, 5.74) is 2.71. The number of rotatable bonds is 11. The van der Waals surface area contributed by atoms with Crippen LogP contribution >= 0.6 is 11.6 Å². The molecule has 0 saturated heterocycles. The van der Waals surface area contributed by atoms with Crippen molar-refractivity contribution >= 4 is 38.9 Å². The van der Waals surface area contributed by atoms with Crippen molar-refractivity contribution in [1.29, 1.82) is 0 Å². The summed E-state index contributed by atoms with van der Waals surface area (Å²) in [5, 5.41) is 3.01. The Bertz CT molecular complexity index is 1310. The van der Waals surface area contributed by atoms with Gasteiger partial charge in [-0.25, -0.2) is 8.42 Å². The molecule has 0 aromatic heterocycles. The van der Waals surface area contributed by atoms with Gasteiger partial charge in [-0.3, -0.25) is 9.10 Å². The van der Waals surface area contributed by atoms with Gasteiger partial charge >= 0.3 is 0 Å². The number of nitrogens with one attached hydrogen (secondary N) is 1. The first kappa shape index (κ1) is 27.4. The minimum Gasteiger partial charge on any atom is -0.495 e. The van der Waals surface area contributed by atoms with E-state index >= 15 is 0 Å². The highest BCUT2D eigenvalue weighted by molar-refractivity contribution is 7.93. The SMILES string of the molecule is CCCCc1ccc(NC(=O)CN(c2ccc(OC)c(Cl)c2)S(=O)(=O)c2cc(C)ccc2OC)cc1. The lowest BCUT2D eigenvalue weighted by Gasteiger charge is -2.25. The molecule has 0 fully saturated rings. The van der Waals surface area contributed by atoms with Gasteiger partial charge in [0, 0.05) is 5.69 Å². The van der Waals surface area contributed by atoms with Crippen LogP contribution in [0.1, 0.15) is 30.9 Å². The lowest BCUT2D eigenvalue weighted by molar-refractivity contribution is -0.114. The van der Waals surface area contributed by atoms with E-state index in [1.54, 1.807) is 31.2 Å². The fourth-order valence-electron chi connectivity index (χ4n) is 3.70. The number of hydrogen-bond donors (Lipinski definition) is 1. The van der Waals surface area contributed by atoms with Crippen LogP contribution < -0.4 is 19.1 Å². The van der Waals surface area contributed by atoms with Gasteiger partial charge < -0.3 is 14.8 Å². The number of benzene rings is 3. The molecule has 1 amide bonds. The van der Waals surface area contributed by atoms with Crippen molar-refractivity contribution in [1.82, 2.24) is 0 Å². The summed E-state index contributed by atoms with van der Waals surface area (Å²) in [6.07, 6.45) is 3.16. The van der Waals surface area contributed by atoms with Crippen molar-refractivity contribution in [3.63, 3.8) is 0 Å². The topological polar surface area (TPSA) is 84.9 Å². The van der Waals surface area contributed by atoms with Crippen LogP contribution in [-0.4, -0.2) is 35.1 Å². The first-order valence-corrected chi connectivity index (χ1v) is 13.4. The van der Waals surface area contributed by atoms with Crippen molar-refractivity contribution in [2.45, 2.75) is 38.0 Å². The largest absolute Gasteiger partial charge is 0.495 e. The van der Waals surface area contributed by atoms with E-state index in [9.17, 15) is 13.2 Å². The van der Waals surface area contributed by atoms with E-state index in [0.29, 0.717) is 11.4 Å². The Kier molecular flexibility index (Phi) is 9.23. The summed E-state index contributed by atoms with van der Waals surface area (Å²) in [6.45, 7) is 3.44. The molecule has 0 spiro atoms. The lowest BCUT2D eigenvalue weighted by Crippen LogP contribution is -2.38. The second-order valence-corrected chi connectivity index (χ2v) is 10.6. The number of amides is 1. The first-order valence-electron chi connectivity index (χ1n) is 11.6. The first-order chi connectivity index (χ1) is 17.2. The highest BCUT2D eigenvalue weighted by atomic mass is 35.5. The molecule has 0 aliphatic carbocycles. The van der Waals surface area contributed by atoms with Gasteiger partial charge in [-0.05, 0) is 73.4 Å². The van der Waals surface area contributed by atoms with Gasteiger partial charge in [0.25, 0.3) is 10.0 Å². The third-order valence-electron chi connectivity index (χ3n) is 5.65. The molecule has 3 aromatic carbocycles. The average molecular weight is 531 g/mol. The normalized spacial score (nSPS) is 11.1. The minimum absolute atomic E-state index is 0.0509. The van der Waals surface area contributed by atoms with Crippen LogP contribution in [0.2, 0.25) is 5.02 Å². The Morgan fingerprint density at radius 3 is 2.25 bits per heavy atom. The second-order valence-electron chi connectivity index (χ2n) is 8.33. The zero-order valence-electron chi connectivity index (χ0n) is 20.9. The van der Waals surface area contributed by atoms with Gasteiger partial charge in [-0.2, -0.15) is 0 Å². The van der Waals surface area contributed by atoms with Crippen LogP contribution in [0.5, 0.6) is 11.5 Å². The van der Waals surface area contributed by atoms with Crippen LogP contribution in [0.25, 0.3) is 0 Å². The Labute approximate surface area is 218 Å². The van der Waals surface area contributed by atoms with Crippen LogP contribution in [0.4, 0.5) is 11.4 Å². The Hall–Kier alpha value is -3.23. The van der Waals surface area contributed by atoms with E-state index in [0.717, 1.165) is 29.1 Å². The smallest absolute Gasteiger partial charge is 0.268 e. The minimum atomic E-state index is -4.21. The summed E-state index contributed by atoms with van der Waals surface area (Å²) in [7, 11) is -1.35. The molecule has 7 nitrogen and oxygen atoms in total. The molecule has 36 heavy (non-hydrogen) atoms. The number of anilines is 2. The molecule has 0 bridgehead atoms. The number of carbonyl (C=O) groups excluding carboxylic acids is 1. The van der Waals surface area contributed by atoms with Crippen LogP contribution in [0.15, 0.2) is 65.6 Å². The summed E-state index contributed by atoms with van der Waals surface area (Å²) in [4.78, 5) is 13.0. The van der Waals surface area contributed by atoms with Crippen molar-refractivity contribution < 1.29 is 22.7 Å². The second kappa shape index (κ2) is 12.1. The third-order valence-corrected chi connectivity index (χ3v) is 7.74.